The summed E-state index contributed by atoms with van der Waals surface area (Å²) in [7, 11) is 2.25. The van der Waals surface area contributed by atoms with Crippen LogP contribution in [-0.2, 0) is 0 Å². The maximum atomic E-state index is 2.54. The van der Waals surface area contributed by atoms with E-state index in [0.29, 0.717) is 0 Å². The zero-order chi connectivity index (χ0) is 8.60. The van der Waals surface area contributed by atoms with E-state index in [-0.39, 0.29) is 0 Å². The lowest BCUT2D eigenvalue weighted by atomic mass is 9.58. The molecule has 1 spiro atoms. The van der Waals surface area contributed by atoms with Crippen LogP contribution >= 0.6 is 22.6 Å². The highest BCUT2D eigenvalue weighted by atomic mass is 127. The molecule has 2 heteroatoms. The molecule has 12 heavy (non-hydrogen) atoms. The van der Waals surface area contributed by atoms with Crippen molar-refractivity contribution in [2.24, 2.45) is 11.3 Å². The van der Waals surface area contributed by atoms with Gasteiger partial charge in [0.25, 0.3) is 0 Å². The first kappa shape index (κ1) is 9.25. The van der Waals surface area contributed by atoms with Gasteiger partial charge >= 0.3 is 0 Å². The van der Waals surface area contributed by atoms with E-state index in [1.165, 1.54) is 43.2 Å². The Morgan fingerprint density at radius 1 is 1.33 bits per heavy atom. The Bertz CT molecular complexity index is 146. The number of hydrogen-bond acceptors (Lipinski definition) is 1. The summed E-state index contributed by atoms with van der Waals surface area (Å²) in [6.07, 6.45) is 6.00. The fraction of sp³-hybridized carbons (Fsp3) is 1.00. The van der Waals surface area contributed by atoms with Crippen LogP contribution in [0.2, 0.25) is 0 Å². The lowest BCUT2D eigenvalue weighted by Crippen LogP contribution is -2.46. The Morgan fingerprint density at radius 2 is 1.92 bits per heavy atom. The van der Waals surface area contributed by atoms with Gasteiger partial charge in [0.15, 0.2) is 0 Å². The molecule has 0 amide bonds. The van der Waals surface area contributed by atoms with E-state index in [1.807, 2.05) is 0 Å². The van der Waals surface area contributed by atoms with Crippen molar-refractivity contribution in [1.29, 1.82) is 0 Å². The van der Waals surface area contributed by atoms with Crippen molar-refractivity contribution in [1.82, 2.24) is 4.90 Å². The number of piperidine rings is 1. The Labute approximate surface area is 89.0 Å². The molecule has 0 aromatic heterocycles. The van der Waals surface area contributed by atoms with Gasteiger partial charge in [0.2, 0.25) is 0 Å². The third-order valence-corrected chi connectivity index (χ3v) is 4.95. The van der Waals surface area contributed by atoms with Crippen LogP contribution in [0.25, 0.3) is 0 Å². The van der Waals surface area contributed by atoms with E-state index in [2.05, 4.69) is 34.5 Å². The largest absolute Gasteiger partial charge is 0.306 e. The molecule has 1 saturated heterocycles. The molecule has 1 nitrogen and oxygen atoms in total. The summed E-state index contributed by atoms with van der Waals surface area (Å²) < 4.78 is 1.38. The van der Waals surface area contributed by atoms with Crippen molar-refractivity contribution < 1.29 is 0 Å². The summed E-state index contributed by atoms with van der Waals surface area (Å²) in [6.45, 7) is 2.68. The predicted octanol–water partition coefficient (Wildman–Crippen LogP) is 2.54. The molecule has 2 aliphatic rings. The van der Waals surface area contributed by atoms with Gasteiger partial charge in [0.05, 0.1) is 0 Å². The lowest BCUT2D eigenvalue weighted by molar-refractivity contribution is 0.00399. The molecular formula is C10H18IN. The van der Waals surface area contributed by atoms with Gasteiger partial charge in [-0.05, 0) is 57.2 Å². The van der Waals surface area contributed by atoms with Crippen molar-refractivity contribution in [2.75, 3.05) is 24.6 Å². The minimum Gasteiger partial charge on any atom is -0.306 e. The number of nitrogens with zero attached hydrogens (tertiary/aromatic N) is 1. The number of halogens is 1. The maximum absolute atomic E-state index is 2.54. The SMILES string of the molecule is CN1CCC2(CC1)CC(CI)C2. The second-order valence-electron chi connectivity index (χ2n) is 4.73. The van der Waals surface area contributed by atoms with Crippen LogP contribution in [0.1, 0.15) is 25.7 Å². The van der Waals surface area contributed by atoms with E-state index in [0.717, 1.165) is 11.3 Å². The van der Waals surface area contributed by atoms with Gasteiger partial charge in [0, 0.05) is 4.43 Å². The number of hydrogen-bond donors (Lipinski definition) is 0. The molecule has 0 unspecified atom stereocenters. The van der Waals surface area contributed by atoms with Crippen molar-refractivity contribution in [3.05, 3.63) is 0 Å². The van der Waals surface area contributed by atoms with E-state index in [1.54, 1.807) is 0 Å². The smallest absolute Gasteiger partial charge is 0.00241 e. The Kier molecular flexibility index (Phi) is 2.66. The maximum Gasteiger partial charge on any atom is 0.00241 e. The first-order valence-electron chi connectivity index (χ1n) is 4.99. The van der Waals surface area contributed by atoms with Crippen molar-refractivity contribution in [3.63, 3.8) is 0 Å². The summed E-state index contributed by atoms with van der Waals surface area (Å²) in [4.78, 5) is 2.47. The lowest BCUT2D eigenvalue weighted by Gasteiger charge is -2.51. The van der Waals surface area contributed by atoms with Gasteiger partial charge < -0.3 is 4.90 Å². The number of alkyl halides is 1. The third kappa shape index (κ3) is 1.65. The van der Waals surface area contributed by atoms with Crippen LogP contribution in [0, 0.1) is 11.3 Å². The number of rotatable bonds is 1. The van der Waals surface area contributed by atoms with Gasteiger partial charge in [-0.15, -0.1) is 0 Å². The van der Waals surface area contributed by atoms with Crippen molar-refractivity contribution in [3.8, 4) is 0 Å². The summed E-state index contributed by atoms with van der Waals surface area (Å²) in [6, 6.07) is 0. The average molecular weight is 279 g/mol. The summed E-state index contributed by atoms with van der Waals surface area (Å²) in [5, 5.41) is 0. The highest BCUT2D eigenvalue weighted by molar-refractivity contribution is 14.1. The van der Waals surface area contributed by atoms with E-state index in [9.17, 15) is 0 Å². The molecule has 1 saturated carbocycles. The molecule has 0 radical (unpaired) electrons. The summed E-state index contributed by atoms with van der Waals surface area (Å²) in [5.41, 5.74) is 0.808. The van der Waals surface area contributed by atoms with Crippen LogP contribution in [0.3, 0.4) is 0 Å². The van der Waals surface area contributed by atoms with E-state index >= 15 is 0 Å². The van der Waals surface area contributed by atoms with Gasteiger partial charge in [0.1, 0.15) is 0 Å². The minimum absolute atomic E-state index is 0.808. The zero-order valence-corrected chi connectivity index (χ0v) is 10.0. The summed E-state index contributed by atoms with van der Waals surface area (Å²) in [5.74, 6) is 1.06. The first-order chi connectivity index (χ1) is 5.74. The van der Waals surface area contributed by atoms with Crippen LogP contribution in [0.5, 0.6) is 0 Å². The topological polar surface area (TPSA) is 3.24 Å². The molecule has 0 N–H and O–H groups in total. The Balaban J connectivity index is 1.83. The molecule has 1 aliphatic carbocycles. The van der Waals surface area contributed by atoms with Crippen molar-refractivity contribution >= 4 is 22.6 Å². The van der Waals surface area contributed by atoms with Crippen LogP contribution in [0.4, 0.5) is 0 Å². The Morgan fingerprint density at radius 3 is 2.42 bits per heavy atom. The van der Waals surface area contributed by atoms with E-state index in [4.69, 9.17) is 0 Å². The zero-order valence-electron chi connectivity index (χ0n) is 7.85. The molecule has 0 atom stereocenters. The molecule has 70 valence electrons. The minimum atomic E-state index is 0.808. The Hall–Kier alpha value is 0.690. The van der Waals surface area contributed by atoms with Gasteiger partial charge in [-0.2, -0.15) is 0 Å². The van der Waals surface area contributed by atoms with Gasteiger partial charge in [-0.1, -0.05) is 22.6 Å². The standard InChI is InChI=1S/C10H18IN/c1-12-4-2-10(3-5-12)6-9(7-10)8-11/h9H,2-8H2,1H3. The van der Waals surface area contributed by atoms with Crippen molar-refractivity contribution in [2.45, 2.75) is 25.7 Å². The monoisotopic (exact) mass is 279 g/mol. The highest BCUT2D eigenvalue weighted by Crippen LogP contribution is 2.52. The average Bonchev–Trinajstić information content (AvgIpc) is 2.02. The molecule has 2 rings (SSSR count). The molecule has 1 heterocycles. The molecule has 0 aromatic carbocycles. The second-order valence-corrected chi connectivity index (χ2v) is 5.61. The fourth-order valence-corrected chi connectivity index (χ4v) is 3.40. The molecule has 0 bridgehead atoms. The second kappa shape index (κ2) is 3.45. The van der Waals surface area contributed by atoms with E-state index < -0.39 is 0 Å². The molecular weight excluding hydrogens is 261 g/mol. The molecule has 0 aromatic rings. The fourth-order valence-electron chi connectivity index (χ4n) is 2.78. The highest BCUT2D eigenvalue weighted by Gasteiger charge is 2.44. The van der Waals surface area contributed by atoms with Crippen LogP contribution in [0.15, 0.2) is 0 Å². The van der Waals surface area contributed by atoms with Crippen LogP contribution < -0.4 is 0 Å². The predicted molar refractivity (Wildman–Crippen MR) is 60.8 cm³/mol. The third-order valence-electron chi connectivity index (χ3n) is 3.71. The normalized spacial score (nSPS) is 30.5. The number of likely N-dealkylation sites (tertiary alicyclic amines) is 1. The van der Waals surface area contributed by atoms with Gasteiger partial charge in [-0.3, -0.25) is 0 Å². The quantitative estimate of drug-likeness (QED) is 0.526. The van der Waals surface area contributed by atoms with Gasteiger partial charge in [-0.25, -0.2) is 0 Å². The van der Waals surface area contributed by atoms with Crippen LogP contribution in [-0.4, -0.2) is 29.5 Å². The molecule has 1 aliphatic heterocycles. The summed E-state index contributed by atoms with van der Waals surface area (Å²) >= 11 is 2.54. The first-order valence-corrected chi connectivity index (χ1v) is 6.51. The molecule has 2 fully saturated rings.